The van der Waals surface area contributed by atoms with Crippen molar-refractivity contribution in [1.29, 1.82) is 0 Å². The lowest BCUT2D eigenvalue weighted by molar-refractivity contribution is -0.116. The number of aliphatic imine (C=N–C) groups is 1. The fourth-order valence-electron chi connectivity index (χ4n) is 3.78. The Morgan fingerprint density at radius 1 is 1.15 bits per heavy atom. The Labute approximate surface area is 160 Å². The highest BCUT2D eigenvalue weighted by Gasteiger charge is 2.38. The van der Waals surface area contributed by atoms with E-state index in [0.29, 0.717) is 24.9 Å². The van der Waals surface area contributed by atoms with Crippen molar-refractivity contribution in [2.45, 2.75) is 37.6 Å². The first-order valence-electron chi connectivity index (χ1n) is 9.73. The topological polar surface area (TPSA) is 65.5 Å². The molecule has 140 valence electrons. The second-order valence-corrected chi connectivity index (χ2v) is 7.26. The third-order valence-electron chi connectivity index (χ3n) is 5.26. The fourth-order valence-corrected chi connectivity index (χ4v) is 3.78. The Hall–Kier alpha value is -2.82. The number of carbonyl (C=O) groups excluding carboxylic acids is 1. The number of rotatable bonds is 5. The Morgan fingerprint density at radius 2 is 1.93 bits per heavy atom. The molecule has 1 aliphatic heterocycles. The maximum absolute atomic E-state index is 12.0. The lowest BCUT2D eigenvalue weighted by Crippen LogP contribution is -2.39. The molecular weight excluding hydrogens is 336 g/mol. The van der Waals surface area contributed by atoms with Crippen molar-refractivity contribution in [2.75, 3.05) is 18.4 Å². The third-order valence-corrected chi connectivity index (χ3v) is 5.26. The third kappa shape index (κ3) is 4.13. The van der Waals surface area contributed by atoms with Crippen LogP contribution in [0.15, 0.2) is 59.6 Å². The van der Waals surface area contributed by atoms with E-state index in [1.807, 2.05) is 18.2 Å². The van der Waals surface area contributed by atoms with Crippen molar-refractivity contribution in [3.8, 4) is 0 Å². The molecule has 2 aromatic rings. The maximum atomic E-state index is 12.0. The number of hydrogen-bond donors (Lipinski definition) is 3. The molecule has 5 nitrogen and oxygen atoms in total. The lowest BCUT2D eigenvalue weighted by atomic mass is 9.91. The van der Waals surface area contributed by atoms with Crippen LogP contribution in [0.3, 0.4) is 0 Å². The molecule has 0 bridgehead atoms. The molecule has 0 radical (unpaired) electrons. The highest BCUT2D eigenvalue weighted by molar-refractivity contribution is 5.94. The first-order chi connectivity index (χ1) is 13.2. The number of para-hydroxylation sites is 1. The molecule has 1 saturated carbocycles. The van der Waals surface area contributed by atoms with Gasteiger partial charge in [-0.3, -0.25) is 9.79 Å². The van der Waals surface area contributed by atoms with Crippen LogP contribution in [0.4, 0.5) is 5.69 Å². The molecule has 5 heteroatoms. The summed E-state index contributed by atoms with van der Waals surface area (Å²) in [6.07, 6.45) is 1.61. The molecule has 3 N–H and O–H groups in total. The average molecular weight is 362 g/mol. The van der Waals surface area contributed by atoms with Crippen LogP contribution < -0.4 is 16.0 Å². The summed E-state index contributed by atoms with van der Waals surface area (Å²) in [5, 5.41) is 9.84. The standard InChI is InChI=1S/C22H26N4O/c1-2-23-22(26-20-13-18(20)15-8-4-3-5-9-15)24-14-16-12-21(27)25-19-11-7-6-10-17(16)19/h3-11,16,18,20H,2,12-14H2,1H3,(H,25,27)(H2,23,24,26). The first-order valence-corrected chi connectivity index (χ1v) is 9.73. The van der Waals surface area contributed by atoms with Crippen LogP contribution in [0.25, 0.3) is 0 Å². The van der Waals surface area contributed by atoms with Crippen LogP contribution >= 0.6 is 0 Å². The summed E-state index contributed by atoms with van der Waals surface area (Å²) in [6.45, 7) is 3.49. The maximum Gasteiger partial charge on any atom is 0.225 e. The van der Waals surface area contributed by atoms with Crippen LogP contribution in [0.5, 0.6) is 0 Å². The van der Waals surface area contributed by atoms with Gasteiger partial charge in [0.05, 0.1) is 6.54 Å². The summed E-state index contributed by atoms with van der Waals surface area (Å²) in [5.74, 6) is 1.58. The molecule has 1 amide bonds. The van der Waals surface area contributed by atoms with E-state index in [1.165, 1.54) is 11.1 Å². The SMILES string of the molecule is CCNC(=NCC1CC(=O)Nc2ccccc21)NC1CC1c1ccccc1. The zero-order chi connectivity index (χ0) is 18.6. The number of guanidine groups is 1. The number of fused-ring (bicyclic) bond motifs is 1. The van der Waals surface area contributed by atoms with Gasteiger partial charge in [-0.2, -0.15) is 0 Å². The summed E-state index contributed by atoms with van der Waals surface area (Å²) in [4.78, 5) is 16.8. The molecule has 0 spiro atoms. The number of benzene rings is 2. The summed E-state index contributed by atoms with van der Waals surface area (Å²) in [5.41, 5.74) is 3.47. The van der Waals surface area contributed by atoms with Gasteiger partial charge in [-0.25, -0.2) is 0 Å². The summed E-state index contributed by atoms with van der Waals surface area (Å²) in [6, 6.07) is 19.1. The van der Waals surface area contributed by atoms with Gasteiger partial charge in [0.25, 0.3) is 0 Å². The van der Waals surface area contributed by atoms with Crippen LogP contribution in [-0.4, -0.2) is 31.0 Å². The lowest BCUT2D eigenvalue weighted by Gasteiger charge is -2.24. The van der Waals surface area contributed by atoms with E-state index in [9.17, 15) is 4.79 Å². The van der Waals surface area contributed by atoms with E-state index in [1.54, 1.807) is 0 Å². The molecule has 0 aromatic heterocycles. The minimum Gasteiger partial charge on any atom is -0.357 e. The van der Waals surface area contributed by atoms with Crippen molar-refractivity contribution in [3.63, 3.8) is 0 Å². The van der Waals surface area contributed by atoms with Crippen LogP contribution in [0, 0.1) is 0 Å². The number of amides is 1. The average Bonchev–Trinajstić information content (AvgIpc) is 3.46. The largest absolute Gasteiger partial charge is 0.357 e. The van der Waals surface area contributed by atoms with Crippen LogP contribution in [0.2, 0.25) is 0 Å². The van der Waals surface area contributed by atoms with Gasteiger partial charge in [-0.15, -0.1) is 0 Å². The Balaban J connectivity index is 1.42. The summed E-state index contributed by atoms with van der Waals surface area (Å²) >= 11 is 0. The second-order valence-electron chi connectivity index (χ2n) is 7.26. The zero-order valence-corrected chi connectivity index (χ0v) is 15.6. The molecule has 2 aromatic carbocycles. The van der Waals surface area contributed by atoms with Crippen molar-refractivity contribution in [3.05, 3.63) is 65.7 Å². The fraction of sp³-hybridized carbons (Fsp3) is 0.364. The number of nitrogens with one attached hydrogen (secondary N) is 3. The van der Waals surface area contributed by atoms with E-state index < -0.39 is 0 Å². The predicted octanol–water partition coefficient (Wildman–Crippen LogP) is 3.22. The molecule has 1 fully saturated rings. The van der Waals surface area contributed by atoms with Gasteiger partial charge in [0.1, 0.15) is 0 Å². The van der Waals surface area contributed by atoms with Gasteiger partial charge >= 0.3 is 0 Å². The minimum absolute atomic E-state index is 0.0678. The van der Waals surface area contributed by atoms with Crippen LogP contribution in [0.1, 0.15) is 42.7 Å². The van der Waals surface area contributed by atoms with Gasteiger partial charge < -0.3 is 16.0 Å². The molecule has 27 heavy (non-hydrogen) atoms. The quantitative estimate of drug-likeness (QED) is 0.565. The predicted molar refractivity (Wildman–Crippen MR) is 109 cm³/mol. The minimum atomic E-state index is 0.0678. The summed E-state index contributed by atoms with van der Waals surface area (Å²) < 4.78 is 0. The van der Waals surface area contributed by atoms with E-state index >= 15 is 0 Å². The second kappa shape index (κ2) is 7.82. The highest BCUT2D eigenvalue weighted by Crippen LogP contribution is 2.40. The number of carbonyl (C=O) groups is 1. The van der Waals surface area contributed by atoms with E-state index in [0.717, 1.165) is 24.6 Å². The summed E-state index contributed by atoms with van der Waals surface area (Å²) in [7, 11) is 0. The van der Waals surface area contributed by atoms with Gasteiger partial charge in [-0.05, 0) is 30.5 Å². The Bertz CT molecular complexity index is 833. The molecule has 4 rings (SSSR count). The first kappa shape index (κ1) is 17.6. The van der Waals surface area contributed by atoms with E-state index in [2.05, 4.69) is 59.3 Å². The number of hydrogen-bond acceptors (Lipinski definition) is 2. The number of nitrogens with zero attached hydrogens (tertiary/aromatic N) is 1. The van der Waals surface area contributed by atoms with Gasteiger partial charge in [0.2, 0.25) is 5.91 Å². The molecule has 0 saturated heterocycles. The van der Waals surface area contributed by atoms with Gasteiger partial charge in [0, 0.05) is 36.5 Å². The molecule has 1 heterocycles. The Kier molecular flexibility index (Phi) is 5.10. The molecular formula is C22H26N4O. The van der Waals surface area contributed by atoms with E-state index in [4.69, 9.17) is 4.99 Å². The van der Waals surface area contributed by atoms with Crippen molar-refractivity contribution in [2.24, 2.45) is 4.99 Å². The highest BCUT2D eigenvalue weighted by atomic mass is 16.1. The molecule has 1 aliphatic carbocycles. The smallest absolute Gasteiger partial charge is 0.225 e. The zero-order valence-electron chi connectivity index (χ0n) is 15.6. The van der Waals surface area contributed by atoms with Crippen LogP contribution in [-0.2, 0) is 4.79 Å². The molecule has 2 aliphatic rings. The van der Waals surface area contributed by atoms with Crippen molar-refractivity contribution < 1.29 is 4.79 Å². The molecule has 3 atom stereocenters. The molecule has 3 unspecified atom stereocenters. The normalized spacial score (nSPS) is 24.0. The van der Waals surface area contributed by atoms with Gasteiger partial charge in [-0.1, -0.05) is 48.5 Å². The van der Waals surface area contributed by atoms with Gasteiger partial charge in [0.15, 0.2) is 5.96 Å². The van der Waals surface area contributed by atoms with Crippen molar-refractivity contribution >= 4 is 17.6 Å². The van der Waals surface area contributed by atoms with Crippen molar-refractivity contribution in [1.82, 2.24) is 10.6 Å². The number of anilines is 1. The van der Waals surface area contributed by atoms with E-state index in [-0.39, 0.29) is 11.8 Å². The monoisotopic (exact) mass is 362 g/mol. The Morgan fingerprint density at radius 3 is 2.74 bits per heavy atom.